The minimum atomic E-state index is 0.554. The molecular formula is C10H12ClN. The summed E-state index contributed by atoms with van der Waals surface area (Å²) in [7, 11) is 2.14. The van der Waals surface area contributed by atoms with Gasteiger partial charge < -0.3 is 0 Å². The van der Waals surface area contributed by atoms with Crippen molar-refractivity contribution in [3.05, 3.63) is 34.9 Å². The first-order valence-electron chi connectivity index (χ1n) is 4.23. The van der Waals surface area contributed by atoms with Crippen molar-refractivity contribution in [3.8, 4) is 0 Å². The van der Waals surface area contributed by atoms with Crippen molar-refractivity contribution in [1.82, 2.24) is 4.90 Å². The molecule has 0 bridgehead atoms. The van der Waals surface area contributed by atoms with E-state index in [-0.39, 0.29) is 0 Å². The Kier molecular flexibility index (Phi) is 2.07. The number of benzene rings is 1. The van der Waals surface area contributed by atoms with Crippen molar-refractivity contribution < 1.29 is 0 Å². The molecule has 1 aliphatic rings. The minimum absolute atomic E-state index is 0.554. The van der Waals surface area contributed by atoms with Gasteiger partial charge in [-0.3, -0.25) is 4.90 Å². The zero-order chi connectivity index (χ0) is 8.55. The number of hydrogen-bond donors (Lipinski definition) is 0. The van der Waals surface area contributed by atoms with Crippen molar-refractivity contribution >= 4 is 11.6 Å². The third-order valence-electron chi connectivity index (χ3n) is 2.55. The van der Waals surface area contributed by atoms with Crippen LogP contribution in [0.1, 0.15) is 18.0 Å². The van der Waals surface area contributed by atoms with Crippen LogP contribution in [0.2, 0.25) is 5.02 Å². The average molecular weight is 182 g/mol. The fourth-order valence-corrected chi connectivity index (χ4v) is 1.92. The van der Waals surface area contributed by atoms with Crippen LogP contribution < -0.4 is 0 Å². The average Bonchev–Trinajstić information content (AvgIpc) is 2.06. The van der Waals surface area contributed by atoms with E-state index in [0.717, 1.165) is 5.02 Å². The Morgan fingerprint density at radius 2 is 2.17 bits per heavy atom. The van der Waals surface area contributed by atoms with Crippen molar-refractivity contribution in [2.45, 2.75) is 12.5 Å². The highest BCUT2D eigenvalue weighted by molar-refractivity contribution is 6.31. The van der Waals surface area contributed by atoms with Gasteiger partial charge in [0, 0.05) is 17.6 Å². The lowest BCUT2D eigenvalue weighted by Crippen LogP contribution is -2.37. The second-order valence-corrected chi connectivity index (χ2v) is 3.71. The summed E-state index contributed by atoms with van der Waals surface area (Å²) in [6.07, 6.45) is 1.24. The number of rotatable bonds is 1. The Morgan fingerprint density at radius 3 is 2.67 bits per heavy atom. The molecule has 1 nitrogen and oxygen atoms in total. The number of likely N-dealkylation sites (tertiary alicyclic amines) is 1. The summed E-state index contributed by atoms with van der Waals surface area (Å²) in [4.78, 5) is 2.32. The van der Waals surface area contributed by atoms with E-state index in [2.05, 4.69) is 18.0 Å². The van der Waals surface area contributed by atoms with E-state index in [1.54, 1.807) is 0 Å². The molecule has 0 spiro atoms. The molecule has 1 saturated heterocycles. The molecule has 2 rings (SSSR count). The largest absolute Gasteiger partial charge is 0.299 e. The molecule has 1 heterocycles. The van der Waals surface area contributed by atoms with E-state index < -0.39 is 0 Å². The minimum Gasteiger partial charge on any atom is -0.299 e. The van der Waals surface area contributed by atoms with Gasteiger partial charge in [-0.05, 0) is 25.1 Å². The van der Waals surface area contributed by atoms with E-state index >= 15 is 0 Å². The number of hydrogen-bond acceptors (Lipinski definition) is 1. The molecule has 0 saturated carbocycles. The second-order valence-electron chi connectivity index (χ2n) is 3.31. The molecule has 0 unspecified atom stereocenters. The maximum absolute atomic E-state index is 6.07. The molecule has 1 fully saturated rings. The molecule has 1 atom stereocenters. The molecule has 12 heavy (non-hydrogen) atoms. The normalized spacial score (nSPS) is 23.7. The van der Waals surface area contributed by atoms with Crippen LogP contribution in [0.5, 0.6) is 0 Å². The highest BCUT2D eigenvalue weighted by atomic mass is 35.5. The number of halogens is 1. The molecular weight excluding hydrogens is 170 g/mol. The Bertz CT molecular complexity index is 285. The zero-order valence-electron chi connectivity index (χ0n) is 7.13. The molecule has 0 N–H and O–H groups in total. The van der Waals surface area contributed by atoms with Crippen LogP contribution in [0.4, 0.5) is 0 Å². The summed E-state index contributed by atoms with van der Waals surface area (Å²) in [5.41, 5.74) is 1.27. The Balaban J connectivity index is 2.27. The van der Waals surface area contributed by atoms with Gasteiger partial charge in [-0.25, -0.2) is 0 Å². The summed E-state index contributed by atoms with van der Waals surface area (Å²) in [5, 5.41) is 0.897. The Hall–Kier alpha value is -0.530. The second kappa shape index (κ2) is 3.08. The molecule has 1 aliphatic heterocycles. The van der Waals surface area contributed by atoms with Crippen LogP contribution >= 0.6 is 11.6 Å². The van der Waals surface area contributed by atoms with E-state index in [1.165, 1.54) is 18.5 Å². The highest BCUT2D eigenvalue weighted by Crippen LogP contribution is 2.35. The monoisotopic (exact) mass is 181 g/mol. The molecule has 2 heteroatoms. The lowest BCUT2D eigenvalue weighted by molar-refractivity contribution is 0.128. The van der Waals surface area contributed by atoms with Gasteiger partial charge in [0.1, 0.15) is 0 Å². The van der Waals surface area contributed by atoms with Gasteiger partial charge in [0.05, 0.1) is 0 Å². The van der Waals surface area contributed by atoms with Gasteiger partial charge in [0.2, 0.25) is 0 Å². The molecule has 0 aliphatic carbocycles. The first-order chi connectivity index (χ1) is 5.79. The van der Waals surface area contributed by atoms with Gasteiger partial charge in [0.15, 0.2) is 0 Å². The summed E-state index contributed by atoms with van der Waals surface area (Å²) in [5.74, 6) is 0. The van der Waals surface area contributed by atoms with Crippen LogP contribution in [-0.4, -0.2) is 18.5 Å². The van der Waals surface area contributed by atoms with Gasteiger partial charge >= 0.3 is 0 Å². The van der Waals surface area contributed by atoms with E-state index in [0.29, 0.717) is 6.04 Å². The molecule has 0 radical (unpaired) electrons. The first-order valence-corrected chi connectivity index (χ1v) is 4.61. The van der Waals surface area contributed by atoms with E-state index in [9.17, 15) is 0 Å². The maximum atomic E-state index is 6.07. The van der Waals surface area contributed by atoms with Gasteiger partial charge in [-0.15, -0.1) is 0 Å². The Labute approximate surface area is 77.9 Å². The molecule has 1 aromatic rings. The van der Waals surface area contributed by atoms with E-state index in [4.69, 9.17) is 11.6 Å². The van der Waals surface area contributed by atoms with Gasteiger partial charge in [0.25, 0.3) is 0 Å². The lowest BCUT2D eigenvalue weighted by atomic mass is 9.96. The number of nitrogens with zero attached hydrogens (tertiary/aromatic N) is 1. The summed E-state index contributed by atoms with van der Waals surface area (Å²) >= 11 is 6.07. The lowest BCUT2D eigenvalue weighted by Gasteiger charge is -2.38. The maximum Gasteiger partial charge on any atom is 0.0453 e. The molecule has 0 amide bonds. The van der Waals surface area contributed by atoms with Crippen molar-refractivity contribution in [3.63, 3.8) is 0 Å². The predicted molar refractivity (Wildman–Crippen MR) is 51.4 cm³/mol. The van der Waals surface area contributed by atoms with Crippen molar-refractivity contribution in [1.29, 1.82) is 0 Å². The predicted octanol–water partition coefficient (Wildman–Crippen LogP) is 2.72. The quantitative estimate of drug-likeness (QED) is 0.644. The Morgan fingerprint density at radius 1 is 1.42 bits per heavy atom. The van der Waals surface area contributed by atoms with Crippen LogP contribution in [0, 0.1) is 0 Å². The van der Waals surface area contributed by atoms with E-state index in [1.807, 2.05) is 18.2 Å². The molecule has 64 valence electrons. The molecule has 1 aromatic carbocycles. The summed E-state index contributed by atoms with van der Waals surface area (Å²) in [6, 6.07) is 8.66. The van der Waals surface area contributed by atoms with Crippen molar-refractivity contribution in [2.24, 2.45) is 0 Å². The zero-order valence-corrected chi connectivity index (χ0v) is 7.88. The fraction of sp³-hybridized carbons (Fsp3) is 0.400. The van der Waals surface area contributed by atoms with Gasteiger partial charge in [-0.2, -0.15) is 0 Å². The van der Waals surface area contributed by atoms with Crippen LogP contribution in [0.3, 0.4) is 0 Å². The van der Waals surface area contributed by atoms with Crippen LogP contribution in [0.15, 0.2) is 24.3 Å². The van der Waals surface area contributed by atoms with Crippen LogP contribution in [0.25, 0.3) is 0 Å². The topological polar surface area (TPSA) is 3.24 Å². The SMILES string of the molecule is CN1CC[C@@H]1c1ccccc1Cl. The third-order valence-corrected chi connectivity index (χ3v) is 2.90. The smallest absolute Gasteiger partial charge is 0.0453 e. The molecule has 0 aromatic heterocycles. The van der Waals surface area contributed by atoms with Crippen molar-refractivity contribution in [2.75, 3.05) is 13.6 Å². The fourth-order valence-electron chi connectivity index (χ4n) is 1.65. The van der Waals surface area contributed by atoms with Crippen LogP contribution in [-0.2, 0) is 0 Å². The van der Waals surface area contributed by atoms with Gasteiger partial charge in [-0.1, -0.05) is 29.8 Å². The first kappa shape index (κ1) is 8.09. The highest BCUT2D eigenvalue weighted by Gasteiger charge is 2.26. The third kappa shape index (κ3) is 1.23. The standard InChI is InChI=1S/C10H12ClN/c1-12-7-6-10(12)8-4-2-3-5-9(8)11/h2-5,10H,6-7H2,1H3/t10-/m1/s1. The summed E-state index contributed by atoms with van der Waals surface area (Å²) in [6.45, 7) is 1.19. The summed E-state index contributed by atoms with van der Waals surface area (Å²) < 4.78 is 0.